The molecule has 2 aromatic heterocycles. The van der Waals surface area contributed by atoms with Gasteiger partial charge in [-0.15, -0.1) is 10.2 Å². The van der Waals surface area contributed by atoms with Crippen LogP contribution in [0.2, 0.25) is 5.02 Å². The lowest BCUT2D eigenvalue weighted by molar-refractivity contribution is 0.395. The summed E-state index contributed by atoms with van der Waals surface area (Å²) in [4.78, 5) is 12.3. The molecule has 0 unspecified atom stereocenters. The molecule has 0 aliphatic carbocycles. The van der Waals surface area contributed by atoms with Gasteiger partial charge < -0.3 is 19.2 Å². The van der Waals surface area contributed by atoms with E-state index in [9.17, 15) is 4.79 Å². The lowest BCUT2D eigenvalue weighted by Crippen LogP contribution is -2.02. The molecule has 0 atom stereocenters. The number of nitrogens with one attached hydrogen (secondary N) is 1. The van der Waals surface area contributed by atoms with E-state index in [4.69, 9.17) is 25.5 Å². The number of benzene rings is 2. The summed E-state index contributed by atoms with van der Waals surface area (Å²) in [5.41, 5.74) is 0.994. The Kier molecular flexibility index (Phi) is 4.89. The molecule has 0 bridgehead atoms. The van der Waals surface area contributed by atoms with E-state index in [1.54, 1.807) is 50.6 Å². The van der Waals surface area contributed by atoms with Crippen molar-refractivity contribution in [3.8, 4) is 22.1 Å². The Morgan fingerprint density at radius 3 is 2.71 bits per heavy atom. The van der Waals surface area contributed by atoms with Crippen molar-refractivity contribution in [2.75, 3.05) is 19.5 Å². The largest absolute Gasteiger partial charge is 0.497 e. The normalized spacial score (nSPS) is 10.8. The van der Waals surface area contributed by atoms with Gasteiger partial charge in [0, 0.05) is 16.5 Å². The molecule has 28 heavy (non-hydrogen) atoms. The summed E-state index contributed by atoms with van der Waals surface area (Å²) in [6, 6.07) is 12.1. The van der Waals surface area contributed by atoms with Crippen LogP contribution in [0, 0.1) is 0 Å². The number of methoxy groups -OCH3 is 2. The number of halogens is 1. The Morgan fingerprint density at radius 1 is 1.07 bits per heavy atom. The quantitative estimate of drug-likeness (QED) is 0.471. The standard InChI is InChI=1S/C19H14ClN3O4S/c1-25-12-4-5-14(16(9-12)26-2)21-19-23-22-17(28-19)13-8-10-7-11(20)3-6-15(10)27-18(13)24/h3-9H,1-2H3,(H,21,23). The maximum Gasteiger partial charge on any atom is 0.346 e. The second-order valence-electron chi connectivity index (χ2n) is 5.73. The van der Waals surface area contributed by atoms with Crippen LogP contribution >= 0.6 is 22.9 Å². The maximum atomic E-state index is 12.3. The van der Waals surface area contributed by atoms with Gasteiger partial charge in [-0.3, -0.25) is 0 Å². The summed E-state index contributed by atoms with van der Waals surface area (Å²) in [5.74, 6) is 1.27. The van der Waals surface area contributed by atoms with Gasteiger partial charge in [-0.05, 0) is 36.4 Å². The van der Waals surface area contributed by atoms with Gasteiger partial charge in [0.25, 0.3) is 0 Å². The van der Waals surface area contributed by atoms with Crippen LogP contribution in [0.15, 0.2) is 51.7 Å². The Bertz CT molecular complexity index is 1220. The summed E-state index contributed by atoms with van der Waals surface area (Å²) < 4.78 is 15.9. The predicted molar refractivity (Wildman–Crippen MR) is 109 cm³/mol. The molecule has 0 saturated heterocycles. The molecular formula is C19H14ClN3O4S. The topological polar surface area (TPSA) is 86.5 Å². The summed E-state index contributed by atoms with van der Waals surface area (Å²) in [6.07, 6.45) is 0. The SMILES string of the molecule is COc1ccc(Nc2nnc(-c3cc4cc(Cl)ccc4oc3=O)s2)c(OC)c1. The van der Waals surface area contributed by atoms with E-state index in [0.717, 1.165) is 0 Å². The van der Waals surface area contributed by atoms with Crippen molar-refractivity contribution < 1.29 is 13.9 Å². The van der Waals surface area contributed by atoms with Crippen molar-refractivity contribution in [2.24, 2.45) is 0 Å². The average molecular weight is 416 g/mol. The Labute approximate surface area is 168 Å². The molecule has 0 radical (unpaired) electrons. The molecule has 7 nitrogen and oxygen atoms in total. The fourth-order valence-electron chi connectivity index (χ4n) is 2.64. The van der Waals surface area contributed by atoms with E-state index in [2.05, 4.69) is 15.5 Å². The first-order chi connectivity index (χ1) is 13.6. The molecule has 0 spiro atoms. The van der Waals surface area contributed by atoms with Gasteiger partial charge in [0.05, 0.1) is 25.5 Å². The molecule has 0 amide bonds. The first-order valence-corrected chi connectivity index (χ1v) is 9.33. The first-order valence-electron chi connectivity index (χ1n) is 8.13. The molecule has 2 heterocycles. The molecule has 1 N–H and O–H groups in total. The summed E-state index contributed by atoms with van der Waals surface area (Å²) in [7, 11) is 3.15. The van der Waals surface area contributed by atoms with Gasteiger partial charge in [-0.1, -0.05) is 22.9 Å². The predicted octanol–water partition coefficient (Wildman–Crippen LogP) is 4.73. The van der Waals surface area contributed by atoms with E-state index < -0.39 is 5.63 Å². The smallest absolute Gasteiger partial charge is 0.346 e. The lowest BCUT2D eigenvalue weighted by Gasteiger charge is -2.10. The monoisotopic (exact) mass is 415 g/mol. The van der Waals surface area contributed by atoms with Crippen LogP contribution in [0.1, 0.15) is 0 Å². The van der Waals surface area contributed by atoms with Crippen molar-refractivity contribution in [2.45, 2.75) is 0 Å². The van der Waals surface area contributed by atoms with Gasteiger partial charge in [0.2, 0.25) is 5.13 Å². The van der Waals surface area contributed by atoms with Crippen molar-refractivity contribution in [1.29, 1.82) is 0 Å². The van der Waals surface area contributed by atoms with Crippen molar-refractivity contribution in [1.82, 2.24) is 10.2 Å². The highest BCUT2D eigenvalue weighted by atomic mass is 35.5. The van der Waals surface area contributed by atoms with Crippen LogP contribution in [0.25, 0.3) is 21.5 Å². The van der Waals surface area contributed by atoms with Gasteiger partial charge in [0.1, 0.15) is 17.1 Å². The molecule has 9 heteroatoms. The molecule has 4 aromatic rings. The maximum absolute atomic E-state index is 12.3. The number of nitrogens with zero attached hydrogens (tertiary/aromatic N) is 2. The Morgan fingerprint density at radius 2 is 1.93 bits per heavy atom. The third-order valence-electron chi connectivity index (χ3n) is 4.00. The number of rotatable bonds is 5. The minimum absolute atomic E-state index is 0.321. The average Bonchev–Trinajstić information content (AvgIpc) is 3.16. The number of hydrogen-bond donors (Lipinski definition) is 1. The molecule has 0 saturated carbocycles. The molecule has 0 fully saturated rings. The van der Waals surface area contributed by atoms with Crippen LogP contribution in [0.4, 0.5) is 10.8 Å². The zero-order chi connectivity index (χ0) is 19.7. The highest BCUT2D eigenvalue weighted by Gasteiger charge is 2.15. The number of aromatic nitrogens is 2. The first kappa shape index (κ1) is 18.3. The van der Waals surface area contributed by atoms with Crippen LogP contribution in [0.5, 0.6) is 11.5 Å². The van der Waals surface area contributed by atoms with Gasteiger partial charge in [0.15, 0.2) is 5.01 Å². The molecule has 2 aromatic carbocycles. The second-order valence-corrected chi connectivity index (χ2v) is 7.15. The van der Waals surface area contributed by atoms with Gasteiger partial charge in [-0.25, -0.2) is 4.79 Å². The number of ether oxygens (including phenoxy) is 2. The zero-order valence-corrected chi connectivity index (χ0v) is 16.4. The Balaban J connectivity index is 1.68. The third kappa shape index (κ3) is 3.51. The highest BCUT2D eigenvalue weighted by molar-refractivity contribution is 7.18. The third-order valence-corrected chi connectivity index (χ3v) is 5.11. The molecular weight excluding hydrogens is 402 g/mol. The van der Waals surface area contributed by atoms with E-state index in [1.807, 2.05) is 6.07 Å². The van der Waals surface area contributed by atoms with E-state index in [0.29, 0.717) is 48.9 Å². The zero-order valence-electron chi connectivity index (χ0n) is 14.9. The van der Waals surface area contributed by atoms with E-state index in [-0.39, 0.29) is 0 Å². The van der Waals surface area contributed by atoms with Crippen molar-refractivity contribution in [3.05, 3.63) is 57.9 Å². The lowest BCUT2D eigenvalue weighted by atomic mass is 10.2. The van der Waals surface area contributed by atoms with E-state index in [1.165, 1.54) is 11.3 Å². The number of anilines is 2. The fraction of sp³-hybridized carbons (Fsp3) is 0.105. The molecule has 142 valence electrons. The van der Waals surface area contributed by atoms with Crippen molar-refractivity contribution >= 4 is 44.7 Å². The summed E-state index contributed by atoms with van der Waals surface area (Å²) >= 11 is 7.25. The summed E-state index contributed by atoms with van der Waals surface area (Å²) in [6.45, 7) is 0. The van der Waals surface area contributed by atoms with E-state index >= 15 is 0 Å². The summed E-state index contributed by atoms with van der Waals surface area (Å²) in [5, 5.41) is 13.6. The second kappa shape index (κ2) is 7.49. The number of hydrogen-bond acceptors (Lipinski definition) is 8. The fourth-order valence-corrected chi connectivity index (χ4v) is 3.58. The van der Waals surface area contributed by atoms with Gasteiger partial charge in [-0.2, -0.15) is 0 Å². The van der Waals surface area contributed by atoms with Crippen LogP contribution < -0.4 is 20.4 Å². The minimum Gasteiger partial charge on any atom is -0.497 e. The van der Waals surface area contributed by atoms with Crippen LogP contribution in [-0.4, -0.2) is 24.4 Å². The number of fused-ring (bicyclic) bond motifs is 1. The molecule has 4 rings (SSSR count). The molecule has 0 aliphatic heterocycles. The molecule has 0 aliphatic rings. The Hall–Kier alpha value is -3.10. The van der Waals surface area contributed by atoms with Crippen molar-refractivity contribution in [3.63, 3.8) is 0 Å². The van der Waals surface area contributed by atoms with Crippen LogP contribution in [0.3, 0.4) is 0 Å². The van der Waals surface area contributed by atoms with Crippen LogP contribution in [-0.2, 0) is 0 Å². The highest BCUT2D eigenvalue weighted by Crippen LogP contribution is 2.34. The minimum atomic E-state index is -0.487. The van der Waals surface area contributed by atoms with Gasteiger partial charge >= 0.3 is 5.63 Å².